The van der Waals surface area contributed by atoms with Crippen molar-refractivity contribution in [2.75, 3.05) is 23.8 Å². The fraction of sp³-hybridized carbons (Fsp3) is 0.667. The molecule has 1 rings (SSSR count). The van der Waals surface area contributed by atoms with Crippen molar-refractivity contribution >= 4 is 11.6 Å². The molecule has 0 aliphatic rings. The third-order valence-corrected chi connectivity index (χ3v) is 2.52. The molecule has 96 valence electrons. The zero-order chi connectivity index (χ0) is 13.0. The van der Waals surface area contributed by atoms with E-state index in [0.717, 1.165) is 11.6 Å². The summed E-state index contributed by atoms with van der Waals surface area (Å²) in [6, 6.07) is 2.01. The molecule has 0 aliphatic heterocycles. The first kappa shape index (κ1) is 13.7. The second-order valence-electron chi connectivity index (χ2n) is 4.67. The van der Waals surface area contributed by atoms with Gasteiger partial charge in [-0.1, -0.05) is 13.8 Å². The van der Waals surface area contributed by atoms with Crippen LogP contribution in [0, 0.1) is 0 Å². The largest absolute Gasteiger partial charge is 0.395 e. The Labute approximate surface area is 103 Å². The molecule has 1 heterocycles. The number of hydrogen-bond donors (Lipinski definition) is 2. The summed E-state index contributed by atoms with van der Waals surface area (Å²) in [7, 11) is 0. The van der Waals surface area contributed by atoms with E-state index in [2.05, 4.69) is 23.8 Å². The van der Waals surface area contributed by atoms with Crippen LogP contribution in [0.1, 0.15) is 39.4 Å². The summed E-state index contributed by atoms with van der Waals surface area (Å²) in [6.07, 6.45) is 0. The number of aliphatic hydroxyl groups is 1. The molecule has 0 aromatic carbocycles. The molecule has 0 unspecified atom stereocenters. The third-order valence-electron chi connectivity index (χ3n) is 2.52. The lowest BCUT2D eigenvalue weighted by Crippen LogP contribution is -2.34. The van der Waals surface area contributed by atoms with Crippen molar-refractivity contribution in [2.45, 2.75) is 39.7 Å². The number of nitrogen functional groups attached to an aromatic ring is 1. The molecule has 0 saturated carbocycles. The van der Waals surface area contributed by atoms with Crippen LogP contribution in [0.2, 0.25) is 0 Å². The Morgan fingerprint density at radius 1 is 1.29 bits per heavy atom. The summed E-state index contributed by atoms with van der Waals surface area (Å²) in [5.41, 5.74) is 5.79. The molecule has 0 amide bonds. The second-order valence-corrected chi connectivity index (χ2v) is 4.67. The van der Waals surface area contributed by atoms with Crippen LogP contribution in [0.5, 0.6) is 0 Å². The smallest absolute Gasteiger partial charge is 0.135 e. The van der Waals surface area contributed by atoms with E-state index >= 15 is 0 Å². The van der Waals surface area contributed by atoms with E-state index in [-0.39, 0.29) is 18.6 Å². The van der Waals surface area contributed by atoms with Gasteiger partial charge in [-0.3, -0.25) is 0 Å². The van der Waals surface area contributed by atoms with Crippen LogP contribution in [0.15, 0.2) is 6.07 Å². The Balaban J connectivity index is 3.10. The highest BCUT2D eigenvalue weighted by Gasteiger charge is 2.14. The summed E-state index contributed by atoms with van der Waals surface area (Å²) in [4.78, 5) is 10.7. The number of rotatable bonds is 5. The summed E-state index contributed by atoms with van der Waals surface area (Å²) in [5, 5.41) is 9.08. The standard InChI is InChI=1S/C12H22N4O/c1-8(2)12-14-10(13)7-11(15-12)16(5-6-17)9(3)4/h7-9,17H,5-6H2,1-4H3,(H2,13,14,15). The van der Waals surface area contributed by atoms with E-state index in [1.54, 1.807) is 6.07 Å². The van der Waals surface area contributed by atoms with Crippen LogP contribution >= 0.6 is 0 Å². The van der Waals surface area contributed by atoms with E-state index in [1.807, 2.05) is 18.7 Å². The number of nitrogens with two attached hydrogens (primary N) is 1. The predicted molar refractivity (Wildman–Crippen MR) is 70.1 cm³/mol. The highest BCUT2D eigenvalue weighted by Crippen LogP contribution is 2.19. The van der Waals surface area contributed by atoms with E-state index in [0.29, 0.717) is 12.4 Å². The van der Waals surface area contributed by atoms with Crippen LogP contribution in [-0.4, -0.2) is 34.3 Å². The van der Waals surface area contributed by atoms with Crippen molar-refractivity contribution < 1.29 is 5.11 Å². The van der Waals surface area contributed by atoms with Crippen LogP contribution in [0.4, 0.5) is 11.6 Å². The minimum absolute atomic E-state index is 0.0963. The van der Waals surface area contributed by atoms with Gasteiger partial charge in [0, 0.05) is 24.6 Å². The first-order valence-corrected chi connectivity index (χ1v) is 5.97. The summed E-state index contributed by atoms with van der Waals surface area (Å²) < 4.78 is 0. The first-order chi connectivity index (χ1) is 7.95. The van der Waals surface area contributed by atoms with E-state index in [1.165, 1.54) is 0 Å². The van der Waals surface area contributed by atoms with Gasteiger partial charge in [0.2, 0.25) is 0 Å². The van der Waals surface area contributed by atoms with Crippen LogP contribution < -0.4 is 10.6 Å². The Morgan fingerprint density at radius 2 is 1.94 bits per heavy atom. The first-order valence-electron chi connectivity index (χ1n) is 5.97. The van der Waals surface area contributed by atoms with Gasteiger partial charge in [0.05, 0.1) is 6.61 Å². The molecule has 5 nitrogen and oxygen atoms in total. The maximum absolute atomic E-state index is 9.08. The van der Waals surface area contributed by atoms with Crippen molar-refractivity contribution in [1.29, 1.82) is 0 Å². The SMILES string of the molecule is CC(C)c1nc(N)cc(N(CCO)C(C)C)n1. The Morgan fingerprint density at radius 3 is 2.41 bits per heavy atom. The maximum atomic E-state index is 9.08. The van der Waals surface area contributed by atoms with Crippen molar-refractivity contribution in [3.05, 3.63) is 11.9 Å². The van der Waals surface area contributed by atoms with Crippen LogP contribution in [0.3, 0.4) is 0 Å². The monoisotopic (exact) mass is 238 g/mol. The van der Waals surface area contributed by atoms with Crippen LogP contribution in [-0.2, 0) is 0 Å². The zero-order valence-corrected chi connectivity index (χ0v) is 11.0. The third kappa shape index (κ3) is 3.56. The molecule has 0 bridgehead atoms. The van der Waals surface area contributed by atoms with Gasteiger partial charge in [-0.15, -0.1) is 0 Å². The Kier molecular flexibility index (Phi) is 4.69. The minimum atomic E-state index is 0.0963. The lowest BCUT2D eigenvalue weighted by Gasteiger charge is -2.27. The van der Waals surface area contributed by atoms with Gasteiger partial charge in [-0.05, 0) is 13.8 Å². The molecule has 0 saturated heterocycles. The van der Waals surface area contributed by atoms with Gasteiger partial charge in [0.1, 0.15) is 17.5 Å². The molecule has 1 aromatic heterocycles. The fourth-order valence-electron chi connectivity index (χ4n) is 1.62. The van der Waals surface area contributed by atoms with Gasteiger partial charge in [-0.2, -0.15) is 0 Å². The molecule has 0 aliphatic carbocycles. The average molecular weight is 238 g/mol. The number of aromatic nitrogens is 2. The summed E-state index contributed by atoms with van der Waals surface area (Å²) >= 11 is 0. The predicted octanol–water partition coefficient (Wildman–Crippen LogP) is 1.39. The molecule has 0 radical (unpaired) electrons. The quantitative estimate of drug-likeness (QED) is 0.810. The molecular weight excluding hydrogens is 216 g/mol. The normalized spacial score (nSPS) is 11.2. The molecule has 0 spiro atoms. The van der Waals surface area contributed by atoms with Crippen molar-refractivity contribution in [1.82, 2.24) is 9.97 Å². The van der Waals surface area contributed by atoms with E-state index in [9.17, 15) is 0 Å². The van der Waals surface area contributed by atoms with E-state index in [4.69, 9.17) is 10.8 Å². The molecule has 0 fully saturated rings. The van der Waals surface area contributed by atoms with Crippen molar-refractivity contribution in [3.63, 3.8) is 0 Å². The molecule has 17 heavy (non-hydrogen) atoms. The van der Waals surface area contributed by atoms with E-state index < -0.39 is 0 Å². The molecule has 3 N–H and O–H groups in total. The second kappa shape index (κ2) is 5.82. The minimum Gasteiger partial charge on any atom is -0.395 e. The highest BCUT2D eigenvalue weighted by atomic mass is 16.3. The lowest BCUT2D eigenvalue weighted by molar-refractivity contribution is 0.298. The summed E-state index contributed by atoms with van der Waals surface area (Å²) in [5.74, 6) is 2.23. The number of nitrogens with zero attached hydrogens (tertiary/aromatic N) is 3. The molecule has 1 aromatic rings. The molecule has 0 atom stereocenters. The Hall–Kier alpha value is -1.36. The van der Waals surface area contributed by atoms with Crippen molar-refractivity contribution in [3.8, 4) is 0 Å². The molecule has 5 heteroatoms. The highest BCUT2D eigenvalue weighted by molar-refractivity contribution is 5.47. The fourth-order valence-corrected chi connectivity index (χ4v) is 1.62. The Bertz CT molecular complexity index is 366. The summed E-state index contributed by atoms with van der Waals surface area (Å²) in [6.45, 7) is 8.82. The zero-order valence-electron chi connectivity index (χ0n) is 11.0. The molecular formula is C12H22N4O. The lowest BCUT2D eigenvalue weighted by atomic mass is 10.2. The van der Waals surface area contributed by atoms with Crippen LogP contribution in [0.25, 0.3) is 0 Å². The number of anilines is 2. The van der Waals surface area contributed by atoms with Gasteiger partial charge in [0.25, 0.3) is 0 Å². The number of hydrogen-bond acceptors (Lipinski definition) is 5. The van der Waals surface area contributed by atoms with Crippen molar-refractivity contribution in [2.24, 2.45) is 0 Å². The van der Waals surface area contributed by atoms with Gasteiger partial charge in [-0.25, -0.2) is 9.97 Å². The van der Waals surface area contributed by atoms with Gasteiger partial charge < -0.3 is 15.7 Å². The topological polar surface area (TPSA) is 75.3 Å². The van der Waals surface area contributed by atoms with Gasteiger partial charge >= 0.3 is 0 Å². The average Bonchev–Trinajstić information content (AvgIpc) is 2.24. The van der Waals surface area contributed by atoms with Gasteiger partial charge in [0.15, 0.2) is 0 Å². The maximum Gasteiger partial charge on any atom is 0.135 e. The number of aliphatic hydroxyl groups excluding tert-OH is 1.